The van der Waals surface area contributed by atoms with Gasteiger partial charge in [-0.1, -0.05) is 12.1 Å². The molecule has 28 heavy (non-hydrogen) atoms. The summed E-state index contributed by atoms with van der Waals surface area (Å²) < 4.78 is 2.04. The van der Waals surface area contributed by atoms with Gasteiger partial charge < -0.3 is 10.2 Å². The summed E-state index contributed by atoms with van der Waals surface area (Å²) in [7, 11) is 0. The normalized spacial score (nSPS) is 15.1. The van der Waals surface area contributed by atoms with E-state index >= 15 is 0 Å². The Bertz CT molecular complexity index is 945. The van der Waals surface area contributed by atoms with Crippen LogP contribution < -0.4 is 5.32 Å². The smallest absolute Gasteiger partial charge is 0.261 e. The summed E-state index contributed by atoms with van der Waals surface area (Å²) in [4.78, 5) is 27.0. The molecule has 7 nitrogen and oxygen atoms in total. The van der Waals surface area contributed by atoms with Gasteiger partial charge in [0.2, 0.25) is 5.91 Å². The van der Waals surface area contributed by atoms with Crippen LogP contribution in [0.2, 0.25) is 0 Å². The first-order chi connectivity index (χ1) is 13.7. The predicted octanol–water partition coefficient (Wildman–Crippen LogP) is 2.71. The first kappa shape index (κ1) is 18.6. The SMILES string of the molecule is O=C(NCCCC(=O)N1CCC(c2nnc3ccccn23)CC1)c1cccs1. The van der Waals surface area contributed by atoms with Crippen LogP contribution in [0, 0.1) is 0 Å². The highest BCUT2D eigenvalue weighted by atomic mass is 32.1. The average molecular weight is 398 g/mol. The van der Waals surface area contributed by atoms with E-state index in [1.165, 1.54) is 11.3 Å². The van der Waals surface area contributed by atoms with Gasteiger partial charge in [0, 0.05) is 38.2 Å². The number of hydrogen-bond acceptors (Lipinski definition) is 5. The number of likely N-dealkylation sites (tertiary alicyclic amines) is 1. The third-order valence-corrected chi connectivity index (χ3v) is 6.02. The Kier molecular flexibility index (Phi) is 5.66. The van der Waals surface area contributed by atoms with E-state index in [0.717, 1.165) is 37.4 Å². The van der Waals surface area contributed by atoms with Crippen molar-refractivity contribution in [2.24, 2.45) is 0 Å². The number of carbonyl (C=O) groups excluding carboxylic acids is 2. The molecule has 0 aliphatic carbocycles. The second kappa shape index (κ2) is 8.52. The Morgan fingerprint density at radius 2 is 2.00 bits per heavy atom. The zero-order valence-corrected chi connectivity index (χ0v) is 16.4. The molecule has 1 aliphatic heterocycles. The molecule has 4 heterocycles. The van der Waals surface area contributed by atoms with Gasteiger partial charge in [0.15, 0.2) is 5.65 Å². The zero-order valence-electron chi connectivity index (χ0n) is 15.6. The summed E-state index contributed by atoms with van der Waals surface area (Å²) in [6.07, 6.45) is 4.91. The number of thiophene rings is 1. The van der Waals surface area contributed by atoms with Crippen LogP contribution in [0.15, 0.2) is 41.9 Å². The quantitative estimate of drug-likeness (QED) is 0.649. The van der Waals surface area contributed by atoms with Gasteiger partial charge in [0.25, 0.3) is 5.91 Å². The van der Waals surface area contributed by atoms with Gasteiger partial charge in [-0.15, -0.1) is 21.5 Å². The largest absolute Gasteiger partial charge is 0.351 e. The second-order valence-corrected chi connectivity index (χ2v) is 7.93. The Balaban J connectivity index is 1.21. The summed E-state index contributed by atoms with van der Waals surface area (Å²) >= 11 is 1.42. The zero-order chi connectivity index (χ0) is 19.3. The standard InChI is InChI=1S/C20H23N5O2S/c26-18(7-3-10-21-20(27)16-5-4-14-28-16)24-12-8-15(9-13-24)19-23-22-17-6-1-2-11-25(17)19/h1-2,4-6,11,14-15H,3,7-10,12-13H2,(H,21,27). The Morgan fingerprint density at radius 1 is 1.14 bits per heavy atom. The molecule has 0 aromatic carbocycles. The number of amides is 2. The lowest BCUT2D eigenvalue weighted by Crippen LogP contribution is -2.38. The van der Waals surface area contributed by atoms with Crippen LogP contribution in [-0.2, 0) is 4.79 Å². The highest BCUT2D eigenvalue weighted by molar-refractivity contribution is 7.12. The van der Waals surface area contributed by atoms with Crippen molar-refractivity contribution < 1.29 is 9.59 Å². The van der Waals surface area contributed by atoms with Crippen molar-refractivity contribution >= 4 is 28.8 Å². The van der Waals surface area contributed by atoms with E-state index in [-0.39, 0.29) is 11.8 Å². The van der Waals surface area contributed by atoms with E-state index in [0.29, 0.717) is 30.2 Å². The van der Waals surface area contributed by atoms with Gasteiger partial charge in [-0.05, 0) is 42.8 Å². The molecule has 1 saturated heterocycles. The lowest BCUT2D eigenvalue weighted by atomic mass is 9.95. The number of pyridine rings is 1. The molecular formula is C20H23N5O2S. The molecule has 1 aliphatic rings. The molecule has 0 atom stereocenters. The topological polar surface area (TPSA) is 79.6 Å². The molecular weight excluding hydrogens is 374 g/mol. The van der Waals surface area contributed by atoms with Crippen LogP contribution in [0.25, 0.3) is 5.65 Å². The van der Waals surface area contributed by atoms with Crippen molar-refractivity contribution in [1.82, 2.24) is 24.8 Å². The molecule has 1 fully saturated rings. The maximum Gasteiger partial charge on any atom is 0.261 e. The van der Waals surface area contributed by atoms with Gasteiger partial charge >= 0.3 is 0 Å². The van der Waals surface area contributed by atoms with Gasteiger partial charge in [0.05, 0.1) is 4.88 Å². The molecule has 3 aromatic heterocycles. The van der Waals surface area contributed by atoms with Crippen LogP contribution in [0.4, 0.5) is 0 Å². The Morgan fingerprint density at radius 3 is 2.79 bits per heavy atom. The first-order valence-electron chi connectivity index (χ1n) is 9.61. The monoisotopic (exact) mass is 397 g/mol. The first-order valence-corrected chi connectivity index (χ1v) is 10.5. The number of hydrogen-bond donors (Lipinski definition) is 1. The minimum atomic E-state index is -0.0659. The van der Waals surface area contributed by atoms with E-state index in [1.807, 2.05) is 45.1 Å². The fourth-order valence-corrected chi connectivity index (χ4v) is 4.26. The number of carbonyl (C=O) groups is 2. The maximum atomic E-state index is 12.5. The van der Waals surface area contributed by atoms with Crippen molar-refractivity contribution in [2.45, 2.75) is 31.6 Å². The molecule has 3 aromatic rings. The molecule has 0 bridgehead atoms. The fraction of sp³-hybridized carbons (Fsp3) is 0.400. The van der Waals surface area contributed by atoms with E-state index in [4.69, 9.17) is 0 Å². The molecule has 0 spiro atoms. The molecule has 4 rings (SSSR count). The highest BCUT2D eigenvalue weighted by Gasteiger charge is 2.26. The average Bonchev–Trinajstić information content (AvgIpc) is 3.41. The third kappa shape index (κ3) is 4.06. The summed E-state index contributed by atoms with van der Waals surface area (Å²) in [5.41, 5.74) is 0.862. The molecule has 2 amide bonds. The van der Waals surface area contributed by atoms with Crippen LogP contribution in [-0.4, -0.2) is 50.9 Å². The number of rotatable bonds is 6. The van der Waals surface area contributed by atoms with E-state index in [9.17, 15) is 9.59 Å². The van der Waals surface area contributed by atoms with Crippen LogP contribution in [0.5, 0.6) is 0 Å². The minimum absolute atomic E-state index is 0.0659. The number of nitrogens with zero attached hydrogens (tertiary/aromatic N) is 4. The Hall–Kier alpha value is -2.74. The van der Waals surface area contributed by atoms with E-state index in [2.05, 4.69) is 15.5 Å². The van der Waals surface area contributed by atoms with Crippen molar-refractivity contribution in [2.75, 3.05) is 19.6 Å². The summed E-state index contributed by atoms with van der Waals surface area (Å²) in [6.45, 7) is 2.00. The van der Waals surface area contributed by atoms with E-state index < -0.39 is 0 Å². The van der Waals surface area contributed by atoms with Crippen LogP contribution in [0.1, 0.15) is 47.1 Å². The molecule has 8 heteroatoms. The second-order valence-electron chi connectivity index (χ2n) is 6.98. The summed E-state index contributed by atoms with van der Waals surface area (Å²) in [5, 5.41) is 13.3. The van der Waals surface area contributed by atoms with Crippen LogP contribution in [0.3, 0.4) is 0 Å². The third-order valence-electron chi connectivity index (χ3n) is 5.15. The molecule has 1 N–H and O–H groups in total. The van der Waals surface area contributed by atoms with Crippen molar-refractivity contribution in [3.05, 3.63) is 52.6 Å². The number of nitrogens with one attached hydrogen (secondary N) is 1. The van der Waals surface area contributed by atoms with Crippen molar-refractivity contribution in [3.8, 4) is 0 Å². The molecule has 0 saturated carbocycles. The fourth-order valence-electron chi connectivity index (χ4n) is 3.62. The molecule has 146 valence electrons. The number of piperidine rings is 1. The number of fused-ring (bicyclic) bond motifs is 1. The van der Waals surface area contributed by atoms with E-state index in [1.54, 1.807) is 6.07 Å². The lowest BCUT2D eigenvalue weighted by Gasteiger charge is -2.31. The highest BCUT2D eigenvalue weighted by Crippen LogP contribution is 2.27. The summed E-state index contributed by atoms with van der Waals surface area (Å²) in [6, 6.07) is 9.54. The van der Waals surface area contributed by atoms with Gasteiger partial charge in [-0.25, -0.2) is 0 Å². The number of aromatic nitrogens is 3. The minimum Gasteiger partial charge on any atom is -0.351 e. The maximum absolute atomic E-state index is 12.5. The van der Waals surface area contributed by atoms with Crippen molar-refractivity contribution in [1.29, 1.82) is 0 Å². The van der Waals surface area contributed by atoms with Gasteiger partial charge in [-0.3, -0.25) is 14.0 Å². The molecule has 0 radical (unpaired) electrons. The van der Waals surface area contributed by atoms with Crippen LogP contribution >= 0.6 is 11.3 Å². The summed E-state index contributed by atoms with van der Waals surface area (Å²) in [5.74, 6) is 1.41. The van der Waals surface area contributed by atoms with Gasteiger partial charge in [-0.2, -0.15) is 0 Å². The van der Waals surface area contributed by atoms with Crippen molar-refractivity contribution in [3.63, 3.8) is 0 Å². The lowest BCUT2D eigenvalue weighted by molar-refractivity contribution is -0.132. The predicted molar refractivity (Wildman–Crippen MR) is 107 cm³/mol. The van der Waals surface area contributed by atoms with Gasteiger partial charge in [0.1, 0.15) is 5.82 Å². The molecule has 0 unspecified atom stereocenters. The Labute approximate surface area is 167 Å².